The molecule has 1 fully saturated rings. The van der Waals surface area contributed by atoms with Gasteiger partial charge in [-0.05, 0) is 55.0 Å². The number of aliphatic hydroxyl groups is 1. The molecule has 0 spiro atoms. The molecular formula is C28H26ClF4NO6. The van der Waals surface area contributed by atoms with Crippen LogP contribution in [0.3, 0.4) is 0 Å². The quantitative estimate of drug-likeness (QED) is 0.227. The van der Waals surface area contributed by atoms with Gasteiger partial charge in [-0.15, -0.1) is 0 Å². The van der Waals surface area contributed by atoms with Gasteiger partial charge in [-0.3, -0.25) is 4.79 Å². The third-order valence-electron chi connectivity index (χ3n) is 6.54. The smallest absolute Gasteiger partial charge is 0.422 e. The summed E-state index contributed by atoms with van der Waals surface area (Å²) in [6, 6.07) is 9.96. The number of benzene rings is 2. The molecule has 12 heteroatoms. The van der Waals surface area contributed by atoms with E-state index < -0.39 is 41.9 Å². The summed E-state index contributed by atoms with van der Waals surface area (Å²) in [6.07, 6.45) is -6.36. The van der Waals surface area contributed by atoms with Gasteiger partial charge in [0.25, 0.3) is 0 Å². The second kappa shape index (κ2) is 12.0. The molecule has 0 aliphatic carbocycles. The second-order valence-corrected chi connectivity index (χ2v) is 9.53. The predicted molar refractivity (Wildman–Crippen MR) is 138 cm³/mol. The lowest BCUT2D eigenvalue weighted by Crippen LogP contribution is -2.43. The van der Waals surface area contributed by atoms with Gasteiger partial charge < -0.3 is 24.1 Å². The molecule has 0 radical (unpaired) electrons. The highest BCUT2D eigenvalue weighted by Crippen LogP contribution is 2.44. The van der Waals surface area contributed by atoms with Crippen molar-refractivity contribution in [3.63, 3.8) is 0 Å². The van der Waals surface area contributed by atoms with Gasteiger partial charge in [0.2, 0.25) is 5.60 Å². The minimum atomic E-state index is -5.19. The lowest BCUT2D eigenvalue weighted by molar-refractivity contribution is -0.270. The van der Waals surface area contributed by atoms with Crippen molar-refractivity contribution in [2.45, 2.75) is 37.1 Å². The standard InChI is InChI=1S/C28H26ClF4NO6/c1-37-23-7-8-25(34-26(23)17-3-5-20(30)19(29)13-17)27(36,28(31,32)33)11-9-21(35)16-4-6-22(24(14-16)38-2)40-18-10-12-39-15-18/h3-8,13-14,18,36H,9-12,15H2,1-2H3. The van der Waals surface area contributed by atoms with Crippen molar-refractivity contribution < 1.29 is 46.4 Å². The normalized spacial score (nSPS) is 16.9. The van der Waals surface area contributed by atoms with Gasteiger partial charge in [0, 0.05) is 24.0 Å². The highest BCUT2D eigenvalue weighted by Gasteiger charge is 2.56. The van der Waals surface area contributed by atoms with Gasteiger partial charge in [0.1, 0.15) is 23.4 Å². The number of hydrogen-bond donors (Lipinski definition) is 1. The van der Waals surface area contributed by atoms with Crippen molar-refractivity contribution in [1.82, 2.24) is 4.98 Å². The number of pyridine rings is 1. The summed E-state index contributed by atoms with van der Waals surface area (Å²) in [5.41, 5.74) is -4.08. The summed E-state index contributed by atoms with van der Waals surface area (Å²) in [6.45, 7) is 0.975. The molecule has 0 saturated carbocycles. The van der Waals surface area contributed by atoms with E-state index in [-0.39, 0.29) is 39.4 Å². The average molecular weight is 584 g/mol. The molecule has 1 aromatic heterocycles. The van der Waals surface area contributed by atoms with E-state index in [9.17, 15) is 27.5 Å². The van der Waals surface area contributed by atoms with Crippen LogP contribution in [0.2, 0.25) is 5.02 Å². The van der Waals surface area contributed by atoms with Crippen molar-refractivity contribution >= 4 is 17.4 Å². The van der Waals surface area contributed by atoms with Crippen LogP contribution in [0.5, 0.6) is 17.2 Å². The molecule has 0 bridgehead atoms. The van der Waals surface area contributed by atoms with Gasteiger partial charge in [0.05, 0.1) is 38.1 Å². The summed E-state index contributed by atoms with van der Waals surface area (Å²) in [4.78, 5) is 17.0. The number of carbonyl (C=O) groups is 1. The van der Waals surface area contributed by atoms with Crippen LogP contribution in [-0.2, 0) is 10.3 Å². The number of carbonyl (C=O) groups excluding carboxylic acids is 1. The molecule has 2 aromatic carbocycles. The molecule has 2 atom stereocenters. The van der Waals surface area contributed by atoms with Crippen molar-refractivity contribution in [1.29, 1.82) is 0 Å². The first kappa shape index (κ1) is 29.6. The number of methoxy groups -OCH3 is 2. The third kappa shape index (κ3) is 6.16. The molecule has 2 unspecified atom stereocenters. The van der Waals surface area contributed by atoms with Crippen LogP contribution in [0.15, 0.2) is 48.5 Å². The Morgan fingerprint density at radius 1 is 1.07 bits per heavy atom. The summed E-state index contributed by atoms with van der Waals surface area (Å²) in [7, 11) is 2.66. The predicted octanol–water partition coefficient (Wildman–Crippen LogP) is 6.14. The molecule has 1 N–H and O–H groups in total. The highest BCUT2D eigenvalue weighted by molar-refractivity contribution is 6.31. The number of rotatable bonds is 10. The van der Waals surface area contributed by atoms with Crippen LogP contribution < -0.4 is 14.2 Å². The zero-order valence-corrected chi connectivity index (χ0v) is 22.3. The molecule has 1 aliphatic heterocycles. The molecular weight excluding hydrogens is 558 g/mol. The first-order chi connectivity index (χ1) is 19.0. The number of hydrogen-bond acceptors (Lipinski definition) is 7. The number of Topliss-reactive ketones (excluding diaryl/α,β-unsaturated/α-hetero) is 1. The van der Waals surface area contributed by atoms with Gasteiger partial charge in [-0.1, -0.05) is 11.6 Å². The number of ether oxygens (including phenoxy) is 4. The lowest BCUT2D eigenvalue weighted by Gasteiger charge is -2.30. The van der Waals surface area contributed by atoms with Crippen LogP contribution in [-0.4, -0.2) is 55.6 Å². The number of ketones is 1. The summed E-state index contributed by atoms with van der Waals surface area (Å²) in [5.74, 6) is -0.698. The van der Waals surface area contributed by atoms with Crippen LogP contribution in [0, 0.1) is 5.82 Å². The van der Waals surface area contributed by atoms with E-state index in [1.807, 2.05) is 0 Å². The maximum Gasteiger partial charge on any atom is 0.422 e. The minimum absolute atomic E-state index is 0.0746. The maximum atomic E-state index is 14.3. The van der Waals surface area contributed by atoms with E-state index in [1.54, 1.807) is 0 Å². The first-order valence-corrected chi connectivity index (χ1v) is 12.6. The van der Waals surface area contributed by atoms with Crippen LogP contribution in [0.25, 0.3) is 11.3 Å². The zero-order valence-electron chi connectivity index (χ0n) is 21.6. The number of halogens is 5. The second-order valence-electron chi connectivity index (χ2n) is 9.13. The Bertz CT molecular complexity index is 1380. The maximum absolute atomic E-state index is 14.3. The Morgan fingerprint density at radius 3 is 2.42 bits per heavy atom. The van der Waals surface area contributed by atoms with Crippen LogP contribution in [0.4, 0.5) is 17.6 Å². The van der Waals surface area contributed by atoms with E-state index >= 15 is 0 Å². The minimum Gasteiger partial charge on any atom is -0.494 e. The largest absolute Gasteiger partial charge is 0.494 e. The van der Waals surface area contributed by atoms with Crippen LogP contribution >= 0.6 is 11.6 Å². The number of aromatic nitrogens is 1. The van der Waals surface area contributed by atoms with Gasteiger partial charge in [-0.2, -0.15) is 13.2 Å². The third-order valence-corrected chi connectivity index (χ3v) is 6.83. The van der Waals surface area contributed by atoms with E-state index in [1.165, 1.54) is 50.6 Å². The molecule has 2 heterocycles. The topological polar surface area (TPSA) is 87.1 Å². The summed E-state index contributed by atoms with van der Waals surface area (Å²) >= 11 is 5.85. The lowest BCUT2D eigenvalue weighted by atomic mass is 9.89. The number of alkyl halides is 3. The van der Waals surface area contributed by atoms with Crippen molar-refractivity contribution in [2.75, 3.05) is 27.4 Å². The molecule has 214 valence electrons. The van der Waals surface area contributed by atoms with Crippen LogP contribution in [0.1, 0.15) is 35.3 Å². The van der Waals surface area contributed by atoms with Crippen molar-refractivity contribution in [3.8, 4) is 28.5 Å². The van der Waals surface area contributed by atoms with E-state index in [0.717, 1.165) is 12.1 Å². The fraction of sp³-hybridized carbons (Fsp3) is 0.357. The molecule has 1 saturated heterocycles. The zero-order chi connectivity index (χ0) is 29.1. The Kier molecular flexibility index (Phi) is 8.86. The Morgan fingerprint density at radius 2 is 1.80 bits per heavy atom. The summed E-state index contributed by atoms with van der Waals surface area (Å²) in [5, 5.41) is 10.7. The van der Waals surface area contributed by atoms with E-state index in [0.29, 0.717) is 25.4 Å². The van der Waals surface area contributed by atoms with Crippen molar-refractivity contribution in [2.24, 2.45) is 0 Å². The molecule has 1 aliphatic rings. The molecule has 3 aromatic rings. The molecule has 0 amide bonds. The number of nitrogens with zero attached hydrogens (tertiary/aromatic N) is 1. The molecule has 7 nitrogen and oxygen atoms in total. The summed E-state index contributed by atoms with van der Waals surface area (Å²) < 4.78 is 78.2. The van der Waals surface area contributed by atoms with E-state index in [4.69, 9.17) is 30.5 Å². The monoisotopic (exact) mass is 583 g/mol. The first-order valence-electron chi connectivity index (χ1n) is 12.2. The Balaban J connectivity index is 1.60. The van der Waals surface area contributed by atoms with Gasteiger partial charge in [-0.25, -0.2) is 9.37 Å². The highest BCUT2D eigenvalue weighted by atomic mass is 35.5. The van der Waals surface area contributed by atoms with E-state index in [2.05, 4.69) is 4.98 Å². The fourth-order valence-corrected chi connectivity index (χ4v) is 4.45. The average Bonchev–Trinajstić information content (AvgIpc) is 3.45. The van der Waals surface area contributed by atoms with Gasteiger partial charge >= 0.3 is 6.18 Å². The molecule has 40 heavy (non-hydrogen) atoms. The molecule has 4 rings (SSSR count). The Hall–Kier alpha value is -3.41. The fourth-order valence-electron chi connectivity index (χ4n) is 4.27. The Labute approximate surface area is 232 Å². The van der Waals surface area contributed by atoms with Gasteiger partial charge in [0.15, 0.2) is 17.3 Å². The van der Waals surface area contributed by atoms with Crippen molar-refractivity contribution in [3.05, 3.63) is 70.6 Å². The SMILES string of the molecule is COc1cc(C(=O)CCC(O)(c2ccc(OC)c(-c3ccc(F)c(Cl)c3)n2)C(F)(F)F)ccc1OC1CCOC1.